The van der Waals surface area contributed by atoms with Gasteiger partial charge in [-0.3, -0.25) is 10.1 Å². The van der Waals surface area contributed by atoms with Gasteiger partial charge in [-0.15, -0.1) is 0 Å². The number of nitrogens with one attached hydrogen (secondary N) is 2. The van der Waals surface area contributed by atoms with Gasteiger partial charge in [0.25, 0.3) is 0 Å². The molecule has 2 N–H and O–H groups in total. The molecule has 0 bridgehead atoms. The van der Waals surface area contributed by atoms with Crippen LogP contribution in [0.3, 0.4) is 0 Å². The van der Waals surface area contributed by atoms with Gasteiger partial charge in [0, 0.05) is 5.69 Å². The van der Waals surface area contributed by atoms with Gasteiger partial charge in [0.05, 0.1) is 12.6 Å². The summed E-state index contributed by atoms with van der Waals surface area (Å²) in [7, 11) is 0. The summed E-state index contributed by atoms with van der Waals surface area (Å²) in [6, 6.07) is 21.6. The lowest BCUT2D eigenvalue weighted by Gasteiger charge is -2.20. The Balaban J connectivity index is 1.74. The number of halogens is 2. The lowest BCUT2D eigenvalue weighted by molar-refractivity contribution is -0.115. The molecule has 4 nitrogen and oxygen atoms in total. The van der Waals surface area contributed by atoms with Gasteiger partial charge in [-0.25, -0.2) is 0 Å². The zero-order valence-corrected chi connectivity index (χ0v) is 16.9. The quantitative estimate of drug-likeness (QED) is 0.535. The van der Waals surface area contributed by atoms with Crippen molar-refractivity contribution < 1.29 is 18.3 Å². The Hall–Kier alpha value is -3.25. The Morgan fingerprint density at radius 3 is 2.07 bits per heavy atom. The average molecular weight is 410 g/mol. The molecule has 0 aliphatic rings. The summed E-state index contributed by atoms with van der Waals surface area (Å²) in [6.07, 6.45) is 0. The van der Waals surface area contributed by atoms with E-state index in [0.29, 0.717) is 0 Å². The first-order valence-corrected chi connectivity index (χ1v) is 9.63. The normalized spacial score (nSPS) is 11.9. The maximum atomic E-state index is 12.6. The number of carbonyl (C=O) groups is 1. The first-order chi connectivity index (χ1) is 14.4. The van der Waals surface area contributed by atoms with Crippen molar-refractivity contribution in [2.75, 3.05) is 11.9 Å². The predicted octanol–water partition coefficient (Wildman–Crippen LogP) is 5.22. The van der Waals surface area contributed by atoms with Crippen LogP contribution in [-0.2, 0) is 4.79 Å². The summed E-state index contributed by atoms with van der Waals surface area (Å²) in [5.74, 6) is -0.0701. The van der Waals surface area contributed by atoms with Crippen LogP contribution in [0.5, 0.6) is 5.75 Å². The SMILES string of the molecule is Cc1cccc(C)c1NC(=O)CN[C@H](c1ccccc1)c1ccc(OC(F)F)cc1. The smallest absolute Gasteiger partial charge is 0.387 e. The fraction of sp³-hybridized carbons (Fsp3) is 0.208. The van der Waals surface area contributed by atoms with Crippen LogP contribution in [0.15, 0.2) is 72.8 Å². The molecule has 1 amide bonds. The lowest BCUT2D eigenvalue weighted by Crippen LogP contribution is -2.32. The predicted molar refractivity (Wildman–Crippen MR) is 114 cm³/mol. The standard InChI is InChI=1S/C24H24F2N2O2/c1-16-7-6-8-17(2)22(16)28-21(29)15-27-23(18-9-4-3-5-10-18)19-11-13-20(14-12-19)30-24(25)26/h3-14,23-24,27H,15H2,1-2H3,(H,28,29)/t23-/m1/s1. The van der Waals surface area contributed by atoms with E-state index in [4.69, 9.17) is 0 Å². The van der Waals surface area contributed by atoms with Crippen LogP contribution in [0.4, 0.5) is 14.5 Å². The van der Waals surface area contributed by atoms with E-state index in [-0.39, 0.29) is 24.2 Å². The Labute approximate surface area is 174 Å². The molecule has 0 unspecified atom stereocenters. The second-order valence-electron chi connectivity index (χ2n) is 6.99. The topological polar surface area (TPSA) is 50.4 Å². The van der Waals surface area contributed by atoms with E-state index < -0.39 is 6.61 Å². The van der Waals surface area contributed by atoms with Crippen LogP contribution in [0, 0.1) is 13.8 Å². The molecule has 0 spiro atoms. The molecule has 0 aliphatic heterocycles. The number of rotatable bonds is 8. The number of alkyl halides is 2. The molecule has 30 heavy (non-hydrogen) atoms. The van der Waals surface area contributed by atoms with Gasteiger partial charge in [0.15, 0.2) is 0 Å². The summed E-state index contributed by atoms with van der Waals surface area (Å²) in [6.45, 7) is 1.12. The summed E-state index contributed by atoms with van der Waals surface area (Å²) in [5, 5.41) is 6.23. The number of hydrogen-bond acceptors (Lipinski definition) is 3. The van der Waals surface area contributed by atoms with Gasteiger partial charge in [-0.2, -0.15) is 8.78 Å². The molecule has 3 aromatic carbocycles. The minimum Gasteiger partial charge on any atom is -0.435 e. The van der Waals surface area contributed by atoms with Crippen LogP contribution in [0.25, 0.3) is 0 Å². The minimum atomic E-state index is -2.87. The molecule has 0 radical (unpaired) electrons. The Kier molecular flexibility index (Phi) is 7.14. The third kappa shape index (κ3) is 5.64. The number of anilines is 1. The van der Waals surface area contributed by atoms with Gasteiger partial charge in [-0.05, 0) is 48.2 Å². The molecule has 0 fully saturated rings. The van der Waals surface area contributed by atoms with E-state index in [1.165, 1.54) is 12.1 Å². The largest absolute Gasteiger partial charge is 0.435 e. The molecule has 0 saturated carbocycles. The van der Waals surface area contributed by atoms with Crippen molar-refractivity contribution in [2.24, 2.45) is 0 Å². The monoisotopic (exact) mass is 410 g/mol. The number of ether oxygens (including phenoxy) is 1. The lowest BCUT2D eigenvalue weighted by atomic mass is 9.98. The molecule has 0 saturated heterocycles. The molecule has 0 aliphatic carbocycles. The number of carbonyl (C=O) groups excluding carboxylic acids is 1. The second kappa shape index (κ2) is 9.98. The van der Waals surface area contributed by atoms with Crippen LogP contribution in [0.2, 0.25) is 0 Å². The van der Waals surface area contributed by atoms with Crippen molar-refractivity contribution in [3.05, 3.63) is 95.1 Å². The molecular formula is C24H24F2N2O2. The van der Waals surface area contributed by atoms with Crippen molar-refractivity contribution in [2.45, 2.75) is 26.5 Å². The molecule has 3 aromatic rings. The minimum absolute atomic E-state index is 0.0859. The fourth-order valence-electron chi connectivity index (χ4n) is 3.31. The molecule has 0 aromatic heterocycles. The molecule has 0 heterocycles. The van der Waals surface area contributed by atoms with Crippen molar-refractivity contribution in [3.8, 4) is 5.75 Å². The molecule has 6 heteroatoms. The first kappa shape index (κ1) is 21.5. The van der Waals surface area contributed by atoms with Crippen molar-refractivity contribution >= 4 is 11.6 Å². The van der Waals surface area contributed by atoms with Crippen molar-refractivity contribution in [3.63, 3.8) is 0 Å². The summed E-state index contributed by atoms with van der Waals surface area (Å²) in [4.78, 5) is 12.6. The zero-order valence-electron chi connectivity index (χ0n) is 16.9. The second-order valence-corrected chi connectivity index (χ2v) is 6.99. The molecular weight excluding hydrogens is 386 g/mol. The highest BCUT2D eigenvalue weighted by Gasteiger charge is 2.16. The molecule has 1 atom stereocenters. The van der Waals surface area contributed by atoms with E-state index in [1.54, 1.807) is 12.1 Å². The fourth-order valence-corrected chi connectivity index (χ4v) is 3.31. The van der Waals surface area contributed by atoms with Crippen LogP contribution >= 0.6 is 0 Å². The first-order valence-electron chi connectivity index (χ1n) is 9.63. The Bertz CT molecular complexity index is 956. The highest BCUT2D eigenvalue weighted by molar-refractivity contribution is 5.93. The van der Waals surface area contributed by atoms with E-state index in [1.807, 2.05) is 62.4 Å². The molecule has 156 valence electrons. The number of para-hydroxylation sites is 1. The Morgan fingerprint density at radius 2 is 1.47 bits per heavy atom. The third-order valence-corrected chi connectivity index (χ3v) is 4.78. The van der Waals surface area contributed by atoms with E-state index in [9.17, 15) is 13.6 Å². The van der Waals surface area contributed by atoms with Crippen LogP contribution < -0.4 is 15.4 Å². The van der Waals surface area contributed by atoms with E-state index in [2.05, 4.69) is 15.4 Å². The van der Waals surface area contributed by atoms with E-state index >= 15 is 0 Å². The number of benzene rings is 3. The van der Waals surface area contributed by atoms with Gasteiger partial charge in [-0.1, -0.05) is 60.7 Å². The highest BCUT2D eigenvalue weighted by atomic mass is 19.3. The number of amides is 1. The van der Waals surface area contributed by atoms with Gasteiger partial charge in [0.2, 0.25) is 5.91 Å². The van der Waals surface area contributed by atoms with Gasteiger partial charge >= 0.3 is 6.61 Å². The maximum absolute atomic E-state index is 12.6. The Morgan fingerprint density at radius 1 is 0.867 bits per heavy atom. The zero-order chi connectivity index (χ0) is 21.5. The average Bonchev–Trinajstić information content (AvgIpc) is 2.72. The highest BCUT2D eigenvalue weighted by Crippen LogP contribution is 2.25. The number of aryl methyl sites for hydroxylation is 2. The summed E-state index contributed by atoms with van der Waals surface area (Å²) >= 11 is 0. The summed E-state index contributed by atoms with van der Waals surface area (Å²) < 4.78 is 29.2. The van der Waals surface area contributed by atoms with Gasteiger partial charge in [0.1, 0.15) is 5.75 Å². The molecule has 3 rings (SSSR count). The van der Waals surface area contributed by atoms with Gasteiger partial charge < -0.3 is 10.1 Å². The van der Waals surface area contributed by atoms with Crippen molar-refractivity contribution in [1.29, 1.82) is 0 Å². The van der Waals surface area contributed by atoms with Crippen LogP contribution in [0.1, 0.15) is 28.3 Å². The van der Waals surface area contributed by atoms with Crippen molar-refractivity contribution in [1.82, 2.24) is 5.32 Å². The summed E-state index contributed by atoms with van der Waals surface area (Å²) in [5.41, 5.74) is 4.60. The van der Waals surface area contributed by atoms with Crippen LogP contribution in [-0.4, -0.2) is 19.1 Å². The number of hydrogen-bond donors (Lipinski definition) is 2. The third-order valence-electron chi connectivity index (χ3n) is 4.78. The van der Waals surface area contributed by atoms with E-state index in [0.717, 1.165) is 27.9 Å². The maximum Gasteiger partial charge on any atom is 0.387 e.